The van der Waals surface area contributed by atoms with Crippen LogP contribution < -0.4 is 10.2 Å². The van der Waals surface area contributed by atoms with E-state index in [-0.39, 0.29) is 31.0 Å². The smallest absolute Gasteiger partial charge is 0.267 e. The monoisotopic (exact) mass is 421 g/mol. The van der Waals surface area contributed by atoms with Crippen LogP contribution in [0.3, 0.4) is 0 Å². The fourth-order valence-corrected chi connectivity index (χ4v) is 5.52. The van der Waals surface area contributed by atoms with E-state index in [2.05, 4.69) is 31.6 Å². The predicted molar refractivity (Wildman–Crippen MR) is 110 cm³/mol. The molecule has 9 heteroatoms. The molecule has 0 aliphatic carbocycles. The van der Waals surface area contributed by atoms with E-state index in [1.54, 1.807) is 0 Å². The molecule has 2 aromatic rings. The zero-order chi connectivity index (χ0) is 20.0. The Balaban J connectivity index is 1.16. The van der Waals surface area contributed by atoms with Crippen molar-refractivity contribution >= 4 is 33.3 Å². The second-order valence-corrected chi connectivity index (χ2v) is 9.05. The first-order chi connectivity index (χ1) is 14.0. The number of fused-ring (bicyclic) bond motifs is 1. The number of piperazine rings is 1. The minimum Gasteiger partial charge on any atom is -0.353 e. The van der Waals surface area contributed by atoms with Crippen molar-refractivity contribution in [2.24, 2.45) is 0 Å². The summed E-state index contributed by atoms with van der Waals surface area (Å²) < 4.78 is 32.7. The van der Waals surface area contributed by atoms with E-state index in [4.69, 9.17) is 0 Å². The summed E-state index contributed by atoms with van der Waals surface area (Å²) >= 11 is 1.54. The van der Waals surface area contributed by atoms with E-state index >= 15 is 0 Å². The van der Waals surface area contributed by atoms with Crippen LogP contribution in [0.5, 0.6) is 0 Å². The number of carbonyl (C=O) groups is 1. The normalized spacial score (nSPS) is 27.8. The van der Waals surface area contributed by atoms with Crippen LogP contribution in [0.1, 0.15) is 12.8 Å². The third-order valence-electron chi connectivity index (χ3n) is 6.38. The molecule has 0 spiro atoms. The number of likely N-dealkylation sites (tertiary alicyclic amines) is 1. The Kier molecular flexibility index (Phi) is 4.92. The van der Waals surface area contributed by atoms with Crippen LogP contribution in [0.4, 0.5) is 14.6 Å². The Morgan fingerprint density at radius 2 is 1.97 bits per heavy atom. The maximum absolute atomic E-state index is 13.4. The summed E-state index contributed by atoms with van der Waals surface area (Å²) in [5.74, 6) is -1.83. The molecular formula is C20H25F2N5OS. The first kappa shape index (κ1) is 19.1. The van der Waals surface area contributed by atoms with E-state index < -0.39 is 12.5 Å². The summed E-state index contributed by atoms with van der Waals surface area (Å²) in [7, 11) is 0. The van der Waals surface area contributed by atoms with Gasteiger partial charge >= 0.3 is 0 Å². The average Bonchev–Trinajstić information content (AvgIpc) is 3.45. The van der Waals surface area contributed by atoms with Crippen LogP contribution in [0.15, 0.2) is 24.3 Å². The van der Waals surface area contributed by atoms with Crippen molar-refractivity contribution in [3.63, 3.8) is 0 Å². The molecule has 1 aromatic carbocycles. The lowest BCUT2D eigenvalue weighted by Crippen LogP contribution is -2.51. The highest BCUT2D eigenvalue weighted by Crippen LogP contribution is 2.31. The summed E-state index contributed by atoms with van der Waals surface area (Å²) in [6.07, 6.45) is 0.475. The van der Waals surface area contributed by atoms with Crippen molar-refractivity contribution < 1.29 is 13.6 Å². The molecule has 6 nitrogen and oxygen atoms in total. The highest BCUT2D eigenvalue weighted by molar-refractivity contribution is 7.13. The van der Waals surface area contributed by atoms with Crippen LogP contribution in [0, 0.1) is 0 Å². The van der Waals surface area contributed by atoms with Crippen LogP contribution >= 0.6 is 11.5 Å². The van der Waals surface area contributed by atoms with E-state index in [1.807, 2.05) is 12.1 Å². The second-order valence-electron chi connectivity index (χ2n) is 8.24. The largest absolute Gasteiger partial charge is 0.353 e. The number of nitrogens with one attached hydrogen (secondary N) is 1. The number of hydrogen-bond acceptors (Lipinski definition) is 6. The lowest BCUT2D eigenvalue weighted by Gasteiger charge is -2.38. The molecule has 3 saturated heterocycles. The SMILES string of the molecule is O=C([C@@H]1C[C@H](N2CCN(c3nsc4ccccc34)CC2)CN1)N1CCC(F)(F)C1. The van der Waals surface area contributed by atoms with Crippen LogP contribution in [-0.2, 0) is 4.79 Å². The lowest BCUT2D eigenvalue weighted by molar-refractivity contribution is -0.133. The number of aromatic nitrogens is 1. The minimum atomic E-state index is -2.73. The first-order valence-electron chi connectivity index (χ1n) is 10.2. The van der Waals surface area contributed by atoms with Crippen LogP contribution in [0.25, 0.3) is 10.1 Å². The molecule has 0 saturated carbocycles. The van der Waals surface area contributed by atoms with Gasteiger partial charge in [-0.05, 0) is 30.1 Å². The number of benzene rings is 1. The molecular weight excluding hydrogens is 396 g/mol. The summed E-state index contributed by atoms with van der Waals surface area (Å²) in [4.78, 5) is 18.7. The van der Waals surface area contributed by atoms with Gasteiger partial charge in [0.1, 0.15) is 5.82 Å². The van der Waals surface area contributed by atoms with Crippen molar-refractivity contribution in [2.75, 3.05) is 50.7 Å². The van der Waals surface area contributed by atoms with Gasteiger partial charge in [-0.2, -0.15) is 4.37 Å². The summed E-state index contributed by atoms with van der Waals surface area (Å²) in [5, 5.41) is 4.48. The molecule has 0 radical (unpaired) electrons. The number of alkyl halides is 2. The van der Waals surface area contributed by atoms with E-state index in [0.717, 1.165) is 38.5 Å². The zero-order valence-corrected chi connectivity index (χ0v) is 17.0. The molecule has 156 valence electrons. The fourth-order valence-electron chi connectivity index (χ4n) is 4.73. The third kappa shape index (κ3) is 3.71. The van der Waals surface area contributed by atoms with Crippen LogP contribution in [-0.4, -0.2) is 83.9 Å². The Bertz CT molecular complexity index is 898. The summed E-state index contributed by atoms with van der Waals surface area (Å²) in [6, 6.07) is 8.25. The van der Waals surface area contributed by atoms with Gasteiger partial charge < -0.3 is 15.1 Å². The van der Waals surface area contributed by atoms with Gasteiger partial charge in [0.15, 0.2) is 0 Å². The van der Waals surface area contributed by atoms with Gasteiger partial charge in [-0.1, -0.05) is 12.1 Å². The van der Waals surface area contributed by atoms with Gasteiger partial charge in [0, 0.05) is 57.1 Å². The summed E-state index contributed by atoms with van der Waals surface area (Å²) in [6.45, 7) is 4.11. The molecule has 1 amide bonds. The van der Waals surface area contributed by atoms with E-state index in [9.17, 15) is 13.6 Å². The van der Waals surface area contributed by atoms with Crippen molar-refractivity contribution in [3.05, 3.63) is 24.3 Å². The van der Waals surface area contributed by atoms with Crippen LogP contribution in [0.2, 0.25) is 0 Å². The Labute approximate surface area is 172 Å². The standard InChI is InChI=1S/C20H25F2N5OS/c21-20(22)5-6-27(13-20)19(28)16-11-14(12-23-16)25-7-9-26(10-8-25)18-15-3-1-2-4-17(15)29-24-18/h1-4,14,16,23H,5-13H2/t14-,16-/m0/s1. The van der Waals surface area contributed by atoms with E-state index in [1.165, 1.54) is 26.5 Å². The van der Waals surface area contributed by atoms with Gasteiger partial charge in [-0.15, -0.1) is 0 Å². The maximum Gasteiger partial charge on any atom is 0.267 e. The second kappa shape index (κ2) is 7.45. The Hall–Kier alpha value is -1.84. The number of amides is 1. The molecule has 3 aliphatic heterocycles. The van der Waals surface area contributed by atoms with Crippen molar-refractivity contribution in [3.8, 4) is 0 Å². The van der Waals surface area contributed by atoms with Gasteiger partial charge in [-0.25, -0.2) is 8.78 Å². The molecule has 2 atom stereocenters. The first-order valence-corrected chi connectivity index (χ1v) is 11.0. The third-order valence-corrected chi connectivity index (χ3v) is 7.19. The lowest BCUT2D eigenvalue weighted by atomic mass is 10.1. The molecule has 5 rings (SSSR count). The summed E-state index contributed by atoms with van der Waals surface area (Å²) in [5.41, 5.74) is 0. The molecule has 1 N–H and O–H groups in total. The molecule has 0 bridgehead atoms. The van der Waals surface area contributed by atoms with Crippen molar-refractivity contribution in [1.82, 2.24) is 19.5 Å². The number of rotatable bonds is 3. The minimum absolute atomic E-state index is 0.162. The highest BCUT2D eigenvalue weighted by Gasteiger charge is 2.43. The molecule has 1 aromatic heterocycles. The van der Waals surface area contributed by atoms with Gasteiger partial charge in [0.25, 0.3) is 5.92 Å². The van der Waals surface area contributed by atoms with Gasteiger partial charge in [-0.3, -0.25) is 9.69 Å². The predicted octanol–water partition coefficient (Wildman–Crippen LogP) is 2.02. The fraction of sp³-hybridized carbons (Fsp3) is 0.600. The number of halogens is 2. The zero-order valence-electron chi connectivity index (χ0n) is 16.2. The Morgan fingerprint density at radius 3 is 2.72 bits per heavy atom. The number of anilines is 1. The topological polar surface area (TPSA) is 51.7 Å². The molecule has 3 aliphatic rings. The number of hydrogen-bond donors (Lipinski definition) is 1. The molecule has 3 fully saturated rings. The van der Waals surface area contributed by atoms with E-state index in [0.29, 0.717) is 6.42 Å². The van der Waals surface area contributed by atoms with Gasteiger partial charge in [0.05, 0.1) is 17.3 Å². The maximum atomic E-state index is 13.4. The Morgan fingerprint density at radius 1 is 1.17 bits per heavy atom. The average molecular weight is 422 g/mol. The number of nitrogens with zero attached hydrogens (tertiary/aromatic N) is 4. The molecule has 4 heterocycles. The highest BCUT2D eigenvalue weighted by atomic mass is 32.1. The van der Waals surface area contributed by atoms with Gasteiger partial charge in [0.2, 0.25) is 5.91 Å². The number of carbonyl (C=O) groups excluding carboxylic acids is 1. The molecule has 0 unspecified atom stereocenters. The molecule has 29 heavy (non-hydrogen) atoms. The van der Waals surface area contributed by atoms with Crippen molar-refractivity contribution in [1.29, 1.82) is 0 Å². The quantitative estimate of drug-likeness (QED) is 0.822. The van der Waals surface area contributed by atoms with Crippen molar-refractivity contribution in [2.45, 2.75) is 30.8 Å².